The van der Waals surface area contributed by atoms with Crippen molar-refractivity contribution in [1.29, 1.82) is 0 Å². The zero-order valence-electron chi connectivity index (χ0n) is 9.45. The summed E-state index contributed by atoms with van der Waals surface area (Å²) < 4.78 is 0.833. The number of likely N-dealkylation sites (tertiary alicyclic amines) is 1. The highest BCUT2D eigenvalue weighted by atomic mass is 79.9. The van der Waals surface area contributed by atoms with E-state index >= 15 is 0 Å². The van der Waals surface area contributed by atoms with Gasteiger partial charge in [0.05, 0.1) is 0 Å². The molecule has 1 fully saturated rings. The fraction of sp³-hybridized carbons (Fsp3) is 0.800. The van der Waals surface area contributed by atoms with Gasteiger partial charge in [-0.3, -0.25) is 0 Å². The van der Waals surface area contributed by atoms with Crippen LogP contribution in [0.4, 0.5) is 5.13 Å². The van der Waals surface area contributed by atoms with Crippen molar-refractivity contribution in [2.45, 2.75) is 32.2 Å². The van der Waals surface area contributed by atoms with Crippen LogP contribution in [0.25, 0.3) is 0 Å². The van der Waals surface area contributed by atoms with E-state index in [4.69, 9.17) is 0 Å². The van der Waals surface area contributed by atoms with Gasteiger partial charge in [-0.2, -0.15) is 0 Å². The highest BCUT2D eigenvalue weighted by Crippen LogP contribution is 2.21. The van der Waals surface area contributed by atoms with E-state index in [2.05, 4.69) is 43.3 Å². The third-order valence-corrected chi connectivity index (χ3v) is 4.04. The fourth-order valence-corrected chi connectivity index (χ4v) is 3.17. The van der Waals surface area contributed by atoms with Crippen LogP contribution in [0.5, 0.6) is 0 Å². The molecule has 1 unspecified atom stereocenters. The molecule has 6 heteroatoms. The van der Waals surface area contributed by atoms with Crippen LogP contribution in [0, 0.1) is 0 Å². The normalized spacial score (nSPS) is 19.6. The first-order valence-electron chi connectivity index (χ1n) is 5.72. The predicted octanol–water partition coefficient (Wildman–Crippen LogP) is 2.59. The van der Waals surface area contributed by atoms with Crippen molar-refractivity contribution in [2.75, 3.05) is 25.0 Å². The molecule has 0 spiro atoms. The van der Waals surface area contributed by atoms with Crippen LogP contribution in [-0.4, -0.2) is 40.8 Å². The molecule has 0 bridgehead atoms. The SMILES string of the molecule is CC(CN1CCCCC1)Nc1nnc(Br)s1. The Morgan fingerprint density at radius 1 is 1.38 bits per heavy atom. The molecule has 0 saturated carbocycles. The van der Waals surface area contributed by atoms with Crippen molar-refractivity contribution < 1.29 is 0 Å². The zero-order chi connectivity index (χ0) is 11.4. The van der Waals surface area contributed by atoms with E-state index in [1.807, 2.05) is 0 Å². The highest BCUT2D eigenvalue weighted by molar-refractivity contribution is 9.11. The lowest BCUT2D eigenvalue weighted by Crippen LogP contribution is -2.38. The maximum Gasteiger partial charge on any atom is 0.206 e. The largest absolute Gasteiger partial charge is 0.356 e. The molecule has 1 aliphatic heterocycles. The quantitative estimate of drug-likeness (QED) is 0.928. The second kappa shape index (κ2) is 5.93. The molecule has 2 heterocycles. The number of hydrogen-bond acceptors (Lipinski definition) is 5. The van der Waals surface area contributed by atoms with E-state index in [1.165, 1.54) is 32.4 Å². The molecule has 0 radical (unpaired) electrons. The standard InChI is InChI=1S/C10H17BrN4S/c1-8(7-15-5-3-2-4-6-15)12-10-14-13-9(11)16-10/h8H,2-7H2,1H3,(H,12,14). The summed E-state index contributed by atoms with van der Waals surface area (Å²) in [6.07, 6.45) is 4.08. The molecule has 16 heavy (non-hydrogen) atoms. The molecule has 4 nitrogen and oxygen atoms in total. The van der Waals surface area contributed by atoms with Crippen LogP contribution in [0.3, 0.4) is 0 Å². The van der Waals surface area contributed by atoms with Crippen molar-refractivity contribution in [3.8, 4) is 0 Å². The number of nitrogens with zero attached hydrogens (tertiary/aromatic N) is 3. The molecule has 1 aromatic heterocycles. The summed E-state index contributed by atoms with van der Waals surface area (Å²) in [6, 6.07) is 0.429. The van der Waals surface area contributed by atoms with E-state index in [1.54, 1.807) is 11.3 Å². The van der Waals surface area contributed by atoms with Crippen LogP contribution >= 0.6 is 27.3 Å². The van der Waals surface area contributed by atoms with Gasteiger partial charge in [0, 0.05) is 12.6 Å². The van der Waals surface area contributed by atoms with Crippen molar-refractivity contribution in [2.24, 2.45) is 0 Å². The van der Waals surface area contributed by atoms with E-state index in [9.17, 15) is 0 Å². The molecule has 0 amide bonds. The van der Waals surface area contributed by atoms with Crippen LogP contribution in [-0.2, 0) is 0 Å². The fourth-order valence-electron chi connectivity index (χ4n) is 2.05. The molecule has 90 valence electrons. The molecule has 1 N–H and O–H groups in total. The number of aromatic nitrogens is 2. The third kappa shape index (κ3) is 3.68. The smallest absolute Gasteiger partial charge is 0.206 e. The molecule has 1 saturated heterocycles. The number of piperidine rings is 1. The minimum absolute atomic E-state index is 0.429. The Balaban J connectivity index is 1.77. The molecule has 1 aromatic rings. The molecule has 0 aromatic carbocycles. The van der Waals surface area contributed by atoms with Crippen LogP contribution < -0.4 is 5.32 Å². The van der Waals surface area contributed by atoms with Gasteiger partial charge in [-0.15, -0.1) is 10.2 Å². The van der Waals surface area contributed by atoms with Gasteiger partial charge in [-0.25, -0.2) is 0 Å². The van der Waals surface area contributed by atoms with Gasteiger partial charge in [0.25, 0.3) is 0 Å². The second-order valence-corrected chi connectivity index (χ2v) is 6.52. The monoisotopic (exact) mass is 304 g/mol. The third-order valence-electron chi connectivity index (χ3n) is 2.75. The van der Waals surface area contributed by atoms with Crippen molar-refractivity contribution in [3.63, 3.8) is 0 Å². The van der Waals surface area contributed by atoms with E-state index in [0.29, 0.717) is 6.04 Å². The number of anilines is 1. The summed E-state index contributed by atoms with van der Waals surface area (Å²) in [7, 11) is 0. The Morgan fingerprint density at radius 3 is 2.75 bits per heavy atom. The first kappa shape index (κ1) is 12.3. The van der Waals surface area contributed by atoms with Crippen LogP contribution in [0.15, 0.2) is 3.92 Å². The summed E-state index contributed by atoms with van der Waals surface area (Å²) in [6.45, 7) is 5.78. The minimum Gasteiger partial charge on any atom is -0.356 e. The average Bonchev–Trinajstić information content (AvgIpc) is 2.65. The number of halogens is 1. The first-order valence-corrected chi connectivity index (χ1v) is 7.33. The highest BCUT2D eigenvalue weighted by Gasteiger charge is 2.14. The summed E-state index contributed by atoms with van der Waals surface area (Å²) in [5.41, 5.74) is 0. The van der Waals surface area contributed by atoms with E-state index in [0.717, 1.165) is 15.6 Å². The topological polar surface area (TPSA) is 41.0 Å². The minimum atomic E-state index is 0.429. The molecule has 0 aliphatic carbocycles. The lowest BCUT2D eigenvalue weighted by atomic mass is 10.1. The average molecular weight is 305 g/mol. The van der Waals surface area contributed by atoms with Crippen molar-refractivity contribution in [3.05, 3.63) is 3.92 Å². The lowest BCUT2D eigenvalue weighted by Gasteiger charge is -2.29. The van der Waals surface area contributed by atoms with Gasteiger partial charge in [-0.1, -0.05) is 17.8 Å². The summed E-state index contributed by atoms with van der Waals surface area (Å²) in [5, 5.41) is 12.2. The van der Waals surface area contributed by atoms with Gasteiger partial charge < -0.3 is 10.2 Å². The number of nitrogens with one attached hydrogen (secondary N) is 1. The van der Waals surface area contributed by atoms with Crippen LogP contribution in [0.1, 0.15) is 26.2 Å². The van der Waals surface area contributed by atoms with E-state index < -0.39 is 0 Å². The Kier molecular flexibility index (Phi) is 4.55. The van der Waals surface area contributed by atoms with Crippen LogP contribution in [0.2, 0.25) is 0 Å². The zero-order valence-corrected chi connectivity index (χ0v) is 11.9. The maximum absolute atomic E-state index is 4.04. The van der Waals surface area contributed by atoms with Crippen molar-refractivity contribution >= 4 is 32.4 Å². The lowest BCUT2D eigenvalue weighted by molar-refractivity contribution is 0.223. The molecule has 2 rings (SSSR count). The molecular formula is C10H17BrN4S. The first-order chi connectivity index (χ1) is 7.74. The summed E-state index contributed by atoms with van der Waals surface area (Å²) in [5.74, 6) is 0. The Labute approximate surface area is 109 Å². The van der Waals surface area contributed by atoms with Crippen molar-refractivity contribution in [1.82, 2.24) is 15.1 Å². The molecule has 1 aliphatic rings. The van der Waals surface area contributed by atoms with Gasteiger partial charge in [0.2, 0.25) is 5.13 Å². The number of rotatable bonds is 4. The molecular weight excluding hydrogens is 288 g/mol. The second-order valence-electron chi connectivity index (χ2n) is 4.27. The summed E-state index contributed by atoms with van der Waals surface area (Å²) in [4.78, 5) is 2.53. The van der Waals surface area contributed by atoms with Gasteiger partial charge in [0.15, 0.2) is 3.92 Å². The Morgan fingerprint density at radius 2 is 2.12 bits per heavy atom. The molecule has 1 atom stereocenters. The van der Waals surface area contributed by atoms with E-state index in [-0.39, 0.29) is 0 Å². The maximum atomic E-state index is 4.04. The predicted molar refractivity (Wildman–Crippen MR) is 71.0 cm³/mol. The Bertz CT molecular complexity index is 324. The van der Waals surface area contributed by atoms with Gasteiger partial charge >= 0.3 is 0 Å². The van der Waals surface area contributed by atoms with Gasteiger partial charge in [-0.05, 0) is 48.8 Å². The number of hydrogen-bond donors (Lipinski definition) is 1. The Hall–Kier alpha value is -0.200. The summed E-state index contributed by atoms with van der Waals surface area (Å²) >= 11 is 4.86. The van der Waals surface area contributed by atoms with Gasteiger partial charge in [0.1, 0.15) is 0 Å².